The van der Waals surface area contributed by atoms with E-state index in [2.05, 4.69) is 4.99 Å². The molecule has 9 nitrogen and oxygen atoms in total. The van der Waals surface area contributed by atoms with Crippen LogP contribution in [0.2, 0.25) is 0 Å². The number of rotatable bonds is 11. The average Bonchev–Trinajstić information content (AvgIpc) is 3.33. The predicted octanol–water partition coefficient (Wildman–Crippen LogP) is -2.56. The van der Waals surface area contributed by atoms with Gasteiger partial charge in [-0.1, -0.05) is 103 Å². The molecule has 0 amide bonds. The quantitative estimate of drug-likeness (QED) is 0.0826. The van der Waals surface area contributed by atoms with Crippen molar-refractivity contribution in [1.29, 1.82) is 0 Å². The van der Waals surface area contributed by atoms with Gasteiger partial charge in [0.15, 0.2) is 0 Å². The van der Waals surface area contributed by atoms with Crippen LogP contribution in [0.5, 0.6) is 0 Å². The molecule has 44 heavy (non-hydrogen) atoms. The fourth-order valence-electron chi connectivity index (χ4n) is 4.90. The molecule has 214 valence electrons. The minimum atomic E-state index is -4.63. The predicted molar refractivity (Wildman–Crippen MR) is 151 cm³/mol. The van der Waals surface area contributed by atoms with Crippen molar-refractivity contribution in [2.24, 2.45) is 4.99 Å². The van der Waals surface area contributed by atoms with E-state index >= 15 is 0 Å². The summed E-state index contributed by atoms with van der Waals surface area (Å²) in [5.74, 6) is -1.78. The Morgan fingerprint density at radius 2 is 1.34 bits per heavy atom. The molecule has 5 rings (SSSR count). The summed E-state index contributed by atoms with van der Waals surface area (Å²) in [5, 5.41) is 24.3. The summed E-state index contributed by atoms with van der Waals surface area (Å²) in [5.41, 5.74) is 3.99. The normalized spacial score (nSPS) is 14.2. The molecule has 0 heterocycles. The van der Waals surface area contributed by atoms with Crippen molar-refractivity contribution in [2.45, 2.75) is 25.0 Å². The maximum Gasteiger partial charge on any atom is 1.00 e. The van der Waals surface area contributed by atoms with Crippen LogP contribution in [0.15, 0.2) is 108 Å². The number of nitrogens with zero attached hydrogens (tertiary/aromatic N) is 1. The van der Waals surface area contributed by atoms with Gasteiger partial charge in [0.25, 0.3) is 5.52 Å². The van der Waals surface area contributed by atoms with Crippen LogP contribution in [0.3, 0.4) is 0 Å². The summed E-state index contributed by atoms with van der Waals surface area (Å²) in [4.78, 5) is 38.2. The largest absolute Gasteiger partial charge is 1.00 e. The number of aliphatic imine (C=N–C) groups is 1. The Labute approximate surface area is 299 Å². The molecular weight excluding hydrogens is 603 g/mol. The van der Waals surface area contributed by atoms with E-state index in [1.54, 1.807) is 30.3 Å². The Bertz CT molecular complexity index is 1640. The molecule has 1 aliphatic carbocycles. The number of carboxylic acids is 1. The van der Waals surface area contributed by atoms with Gasteiger partial charge in [0.05, 0.1) is 18.6 Å². The SMILES string of the molecule is O=C([O-])[C@H](Cc1ccc(C(=O)P(=O)(O)OCc2ccccc2)cc1)N=C([O-])OCC1c2ccccc2-c2ccccc21.[Na+].[Na+]. The number of hydrogen-bond acceptors (Lipinski definition) is 8. The summed E-state index contributed by atoms with van der Waals surface area (Å²) in [6, 6.07) is 28.1. The summed E-state index contributed by atoms with van der Waals surface area (Å²) in [6.45, 7) is -0.233. The standard InChI is InChI=1S/C32H28NO8P.2Na/c34-30(35)29(33-32(37)40-20-28-26-12-6-4-10-24(26)25-11-5-7-13-27(25)28)18-21-14-16-23(17-15-21)31(36)42(38,39)41-19-22-8-2-1-3-9-22;;/h1-17,28-29H,18-20H2,(H,33,37)(H,34,35)(H,38,39);;/q;2*+1/p-2/t29-;;/m0../s1. The molecule has 0 aliphatic heterocycles. The molecule has 0 fully saturated rings. The number of carboxylic acid groups (broad SMARTS) is 1. The van der Waals surface area contributed by atoms with E-state index in [1.165, 1.54) is 24.3 Å². The molecule has 0 radical (unpaired) electrons. The zero-order chi connectivity index (χ0) is 29.7. The molecular formula is C32H26NNa2O8P. The van der Waals surface area contributed by atoms with Crippen LogP contribution in [-0.4, -0.2) is 35.1 Å². The van der Waals surface area contributed by atoms with Gasteiger partial charge in [0, 0.05) is 24.5 Å². The number of benzene rings is 4. The molecule has 0 bridgehead atoms. The number of ether oxygens (including phenoxy) is 1. The monoisotopic (exact) mass is 629 g/mol. The minimum absolute atomic E-state index is 0. The van der Waals surface area contributed by atoms with E-state index in [9.17, 15) is 29.3 Å². The van der Waals surface area contributed by atoms with Crippen LogP contribution in [-0.2, 0) is 31.6 Å². The first kappa shape index (κ1) is 35.9. The summed E-state index contributed by atoms with van der Waals surface area (Å²) in [6.07, 6.45) is -1.25. The molecule has 0 saturated heterocycles. The Kier molecular flexibility index (Phi) is 13.2. The van der Waals surface area contributed by atoms with Crippen molar-refractivity contribution in [1.82, 2.24) is 0 Å². The second-order valence-electron chi connectivity index (χ2n) is 9.75. The maximum absolute atomic E-state index is 12.6. The molecule has 1 aliphatic rings. The van der Waals surface area contributed by atoms with Gasteiger partial charge in [-0.25, -0.2) is 0 Å². The zero-order valence-corrected chi connectivity index (χ0v) is 29.2. The Balaban J connectivity index is 0.00000264. The summed E-state index contributed by atoms with van der Waals surface area (Å²) in [7, 11) is -4.63. The third-order valence-electron chi connectivity index (χ3n) is 7.00. The van der Waals surface area contributed by atoms with Crippen molar-refractivity contribution < 1.29 is 97.6 Å². The van der Waals surface area contributed by atoms with Crippen molar-refractivity contribution in [2.75, 3.05) is 6.61 Å². The fraction of sp³-hybridized carbons (Fsp3) is 0.156. The van der Waals surface area contributed by atoms with Gasteiger partial charge < -0.3 is 24.6 Å². The Hall–Kier alpha value is -2.56. The maximum atomic E-state index is 12.6. The number of aliphatic carboxylic acids is 1. The third-order valence-corrected chi connectivity index (χ3v) is 8.26. The average molecular weight is 630 g/mol. The van der Waals surface area contributed by atoms with Crippen LogP contribution in [0.1, 0.15) is 38.5 Å². The first-order chi connectivity index (χ1) is 20.2. The summed E-state index contributed by atoms with van der Waals surface area (Å²) < 4.78 is 22.9. The minimum Gasteiger partial charge on any atom is -0.599 e. The molecule has 4 aromatic carbocycles. The van der Waals surface area contributed by atoms with Gasteiger partial charge in [0.2, 0.25) is 0 Å². The number of hydrogen-bond donors (Lipinski definition) is 1. The van der Waals surface area contributed by atoms with Gasteiger partial charge in [-0.3, -0.25) is 18.9 Å². The first-order valence-corrected chi connectivity index (χ1v) is 14.7. The van der Waals surface area contributed by atoms with Crippen LogP contribution in [0.25, 0.3) is 11.1 Å². The topological polar surface area (TPSA) is 148 Å². The number of fused-ring (bicyclic) bond motifs is 3. The summed E-state index contributed by atoms with van der Waals surface area (Å²) >= 11 is 0. The molecule has 2 atom stereocenters. The molecule has 12 heteroatoms. The molecule has 0 aromatic heterocycles. The zero-order valence-electron chi connectivity index (χ0n) is 24.3. The molecule has 1 N–H and O–H groups in total. The van der Waals surface area contributed by atoms with Crippen molar-refractivity contribution in [3.63, 3.8) is 0 Å². The van der Waals surface area contributed by atoms with Crippen LogP contribution in [0, 0.1) is 0 Å². The van der Waals surface area contributed by atoms with E-state index in [1.807, 2.05) is 48.5 Å². The smallest absolute Gasteiger partial charge is 0.599 e. The van der Waals surface area contributed by atoms with Gasteiger partial charge in [-0.05, 0) is 33.4 Å². The van der Waals surface area contributed by atoms with E-state index in [-0.39, 0.29) is 90.2 Å². The van der Waals surface area contributed by atoms with Crippen LogP contribution < -0.4 is 69.3 Å². The van der Waals surface area contributed by atoms with E-state index in [0.29, 0.717) is 11.1 Å². The first-order valence-electron chi connectivity index (χ1n) is 13.1. The third kappa shape index (κ3) is 8.57. The number of carbonyl (C=O) groups is 2. The molecule has 0 spiro atoms. The van der Waals surface area contributed by atoms with Crippen molar-refractivity contribution >= 4 is 25.2 Å². The second kappa shape index (κ2) is 16.1. The van der Waals surface area contributed by atoms with Crippen molar-refractivity contribution in [3.05, 3.63) is 131 Å². The van der Waals surface area contributed by atoms with Crippen LogP contribution in [0.4, 0.5) is 0 Å². The Morgan fingerprint density at radius 3 is 1.91 bits per heavy atom. The Morgan fingerprint density at radius 1 is 0.795 bits per heavy atom. The fourth-order valence-corrected chi connectivity index (χ4v) is 5.82. The van der Waals surface area contributed by atoms with Crippen molar-refractivity contribution in [3.8, 4) is 11.1 Å². The van der Waals surface area contributed by atoms with Gasteiger partial charge in [0.1, 0.15) is 6.08 Å². The molecule has 4 aromatic rings. The van der Waals surface area contributed by atoms with Gasteiger partial charge in [-0.2, -0.15) is 0 Å². The second-order valence-corrected chi connectivity index (χ2v) is 11.5. The van der Waals surface area contributed by atoms with E-state index < -0.39 is 31.2 Å². The van der Waals surface area contributed by atoms with E-state index in [4.69, 9.17) is 9.26 Å². The molecule has 1 unspecified atom stereocenters. The molecule has 0 saturated carbocycles. The van der Waals surface area contributed by atoms with Crippen LogP contribution >= 0.6 is 7.60 Å². The van der Waals surface area contributed by atoms with E-state index in [0.717, 1.165) is 22.3 Å². The van der Waals surface area contributed by atoms with Gasteiger partial charge in [-0.15, -0.1) is 0 Å². The number of carbonyl (C=O) groups excluding carboxylic acids is 2. The van der Waals surface area contributed by atoms with Gasteiger partial charge >= 0.3 is 66.7 Å².